The Morgan fingerprint density at radius 3 is 2.55 bits per heavy atom. The Balaban J connectivity index is 2.47. The van der Waals surface area contributed by atoms with Crippen LogP contribution < -0.4 is 16.2 Å². The fourth-order valence-electron chi connectivity index (χ4n) is 1.58. The quantitative estimate of drug-likeness (QED) is 0.497. The molecule has 0 aliphatic carbocycles. The molecule has 1 aromatic rings. The normalized spacial score (nSPS) is 11.8. The Hall–Kier alpha value is -1.31. The van der Waals surface area contributed by atoms with Crippen LogP contribution in [0, 0.1) is 5.92 Å². The highest BCUT2D eigenvalue weighted by atomic mass is 32.2. The predicted octanol–water partition coefficient (Wildman–Crippen LogP) is 1.39. The fourth-order valence-corrected chi connectivity index (χ4v) is 2.17. The summed E-state index contributed by atoms with van der Waals surface area (Å²) in [6.45, 7) is 6.13. The van der Waals surface area contributed by atoms with Crippen molar-refractivity contribution in [3.63, 3.8) is 0 Å². The zero-order chi connectivity index (χ0) is 15.2. The van der Waals surface area contributed by atoms with Crippen LogP contribution in [-0.4, -0.2) is 28.2 Å². The highest BCUT2D eigenvalue weighted by Gasteiger charge is 2.09. The molecule has 0 aliphatic heterocycles. The monoisotopic (exact) mass is 301 g/mol. The SMILES string of the molecule is CC(C)CCOCCNc1cc(N)cc(S(N)(=O)=O)c1. The molecule has 0 aliphatic rings. The second-order valence-corrected chi connectivity index (χ2v) is 6.62. The van der Waals surface area contributed by atoms with E-state index in [9.17, 15) is 8.42 Å². The van der Waals surface area contributed by atoms with E-state index in [2.05, 4.69) is 19.2 Å². The van der Waals surface area contributed by atoms with Gasteiger partial charge in [0.05, 0.1) is 11.5 Å². The lowest BCUT2D eigenvalue weighted by atomic mass is 10.1. The van der Waals surface area contributed by atoms with Crippen molar-refractivity contribution < 1.29 is 13.2 Å². The molecule has 0 unspecified atom stereocenters. The molecule has 0 saturated heterocycles. The van der Waals surface area contributed by atoms with Crippen LogP contribution in [0.25, 0.3) is 0 Å². The highest BCUT2D eigenvalue weighted by molar-refractivity contribution is 7.89. The molecule has 1 aromatic carbocycles. The molecule has 6 nitrogen and oxygen atoms in total. The van der Waals surface area contributed by atoms with Crippen LogP contribution in [0.5, 0.6) is 0 Å². The molecule has 0 bridgehead atoms. The maximum Gasteiger partial charge on any atom is 0.238 e. The summed E-state index contributed by atoms with van der Waals surface area (Å²) in [6.07, 6.45) is 1.02. The first-order valence-corrected chi connectivity index (χ1v) is 8.08. The minimum Gasteiger partial charge on any atom is -0.399 e. The fraction of sp³-hybridized carbons (Fsp3) is 0.538. The van der Waals surface area contributed by atoms with Crippen molar-refractivity contribution in [3.8, 4) is 0 Å². The van der Waals surface area contributed by atoms with Gasteiger partial charge in [-0.05, 0) is 30.5 Å². The lowest BCUT2D eigenvalue weighted by molar-refractivity contribution is 0.132. The van der Waals surface area contributed by atoms with Gasteiger partial charge < -0.3 is 15.8 Å². The van der Waals surface area contributed by atoms with Gasteiger partial charge in [-0.3, -0.25) is 0 Å². The Morgan fingerprint density at radius 1 is 1.25 bits per heavy atom. The van der Waals surface area contributed by atoms with E-state index in [1.807, 2.05) is 0 Å². The van der Waals surface area contributed by atoms with E-state index < -0.39 is 10.0 Å². The van der Waals surface area contributed by atoms with Gasteiger partial charge in [-0.25, -0.2) is 13.6 Å². The molecule has 0 heterocycles. The highest BCUT2D eigenvalue weighted by Crippen LogP contribution is 2.19. The van der Waals surface area contributed by atoms with Crippen molar-refractivity contribution in [1.82, 2.24) is 0 Å². The van der Waals surface area contributed by atoms with Crippen LogP contribution in [0.2, 0.25) is 0 Å². The molecule has 0 spiro atoms. The number of nitrogens with two attached hydrogens (primary N) is 2. The van der Waals surface area contributed by atoms with Crippen LogP contribution in [0.1, 0.15) is 20.3 Å². The number of hydrogen-bond acceptors (Lipinski definition) is 5. The third kappa shape index (κ3) is 6.23. The molecule has 1 rings (SSSR count). The maximum absolute atomic E-state index is 11.3. The summed E-state index contributed by atoms with van der Waals surface area (Å²) in [7, 11) is -3.75. The molecule has 0 fully saturated rings. The summed E-state index contributed by atoms with van der Waals surface area (Å²) in [4.78, 5) is 0.000672. The number of primary sulfonamides is 1. The Kier molecular flexibility index (Phi) is 6.25. The smallest absolute Gasteiger partial charge is 0.238 e. The summed E-state index contributed by atoms with van der Waals surface area (Å²) >= 11 is 0. The summed E-state index contributed by atoms with van der Waals surface area (Å²) in [5.74, 6) is 0.620. The first-order chi connectivity index (χ1) is 9.29. The molecule has 5 N–H and O–H groups in total. The van der Waals surface area contributed by atoms with Crippen LogP contribution in [-0.2, 0) is 14.8 Å². The zero-order valence-electron chi connectivity index (χ0n) is 11.9. The molecule has 0 saturated carbocycles. The van der Waals surface area contributed by atoms with Gasteiger partial charge in [0.2, 0.25) is 10.0 Å². The number of anilines is 2. The molecule has 0 amide bonds. The van der Waals surface area contributed by atoms with Gasteiger partial charge in [0, 0.05) is 24.5 Å². The van der Waals surface area contributed by atoms with Crippen molar-refractivity contribution in [3.05, 3.63) is 18.2 Å². The number of benzene rings is 1. The maximum atomic E-state index is 11.3. The van der Waals surface area contributed by atoms with Crippen molar-refractivity contribution in [2.24, 2.45) is 11.1 Å². The number of nitrogens with one attached hydrogen (secondary N) is 1. The summed E-state index contributed by atoms with van der Waals surface area (Å²) < 4.78 is 28.0. The standard InChI is InChI=1S/C13H23N3O3S/c1-10(2)3-5-19-6-4-16-12-7-11(14)8-13(9-12)20(15,17)18/h7-10,16H,3-6,14H2,1-2H3,(H2,15,17,18). The van der Waals surface area contributed by atoms with E-state index in [0.29, 0.717) is 30.4 Å². The first kappa shape index (κ1) is 16.7. The summed E-state index contributed by atoms with van der Waals surface area (Å²) in [5.41, 5.74) is 6.61. The Bertz CT molecular complexity index is 530. The van der Waals surface area contributed by atoms with E-state index in [4.69, 9.17) is 15.6 Å². The van der Waals surface area contributed by atoms with E-state index in [-0.39, 0.29) is 4.90 Å². The van der Waals surface area contributed by atoms with Gasteiger partial charge in [-0.1, -0.05) is 13.8 Å². The van der Waals surface area contributed by atoms with Crippen LogP contribution >= 0.6 is 0 Å². The van der Waals surface area contributed by atoms with E-state index >= 15 is 0 Å². The Morgan fingerprint density at radius 2 is 1.95 bits per heavy atom. The molecule has 0 radical (unpaired) electrons. The van der Waals surface area contributed by atoms with Crippen molar-refractivity contribution in [2.45, 2.75) is 25.2 Å². The minimum absolute atomic E-state index is 0.000672. The van der Waals surface area contributed by atoms with E-state index in [1.54, 1.807) is 6.07 Å². The van der Waals surface area contributed by atoms with Gasteiger partial charge in [0.1, 0.15) is 0 Å². The second-order valence-electron chi connectivity index (χ2n) is 5.06. The molecule has 20 heavy (non-hydrogen) atoms. The van der Waals surface area contributed by atoms with Crippen molar-refractivity contribution >= 4 is 21.4 Å². The van der Waals surface area contributed by atoms with Gasteiger partial charge in [0.25, 0.3) is 0 Å². The van der Waals surface area contributed by atoms with Gasteiger partial charge in [0.15, 0.2) is 0 Å². The average molecular weight is 301 g/mol. The topological polar surface area (TPSA) is 107 Å². The summed E-state index contributed by atoms with van der Waals surface area (Å²) in [5, 5.41) is 8.14. The van der Waals surface area contributed by atoms with Crippen molar-refractivity contribution in [1.29, 1.82) is 0 Å². The number of rotatable bonds is 8. The number of ether oxygens (including phenoxy) is 1. The first-order valence-electron chi connectivity index (χ1n) is 6.54. The number of hydrogen-bond donors (Lipinski definition) is 3. The lowest BCUT2D eigenvalue weighted by Crippen LogP contribution is -2.14. The minimum atomic E-state index is -3.75. The van der Waals surface area contributed by atoms with Crippen molar-refractivity contribution in [2.75, 3.05) is 30.8 Å². The number of nitrogen functional groups attached to an aromatic ring is 1. The van der Waals surface area contributed by atoms with Gasteiger partial charge >= 0.3 is 0 Å². The van der Waals surface area contributed by atoms with Crippen LogP contribution in [0.4, 0.5) is 11.4 Å². The molecule has 7 heteroatoms. The molecular formula is C13H23N3O3S. The third-order valence-corrected chi connectivity index (χ3v) is 3.57. The third-order valence-electron chi connectivity index (χ3n) is 2.67. The van der Waals surface area contributed by atoms with Gasteiger partial charge in [-0.15, -0.1) is 0 Å². The average Bonchev–Trinajstić information content (AvgIpc) is 2.31. The second kappa shape index (κ2) is 7.47. The summed E-state index contributed by atoms with van der Waals surface area (Å²) in [6, 6.07) is 4.45. The zero-order valence-corrected chi connectivity index (χ0v) is 12.7. The van der Waals surface area contributed by atoms with Crippen LogP contribution in [0.15, 0.2) is 23.1 Å². The van der Waals surface area contributed by atoms with Crippen LogP contribution in [0.3, 0.4) is 0 Å². The molecule has 0 aromatic heterocycles. The largest absolute Gasteiger partial charge is 0.399 e. The van der Waals surface area contributed by atoms with E-state index in [0.717, 1.165) is 13.0 Å². The molecule has 0 atom stereocenters. The van der Waals surface area contributed by atoms with E-state index in [1.165, 1.54) is 12.1 Å². The molecule has 114 valence electrons. The predicted molar refractivity (Wildman–Crippen MR) is 81.0 cm³/mol. The lowest BCUT2D eigenvalue weighted by Gasteiger charge is -2.10. The molecular weight excluding hydrogens is 278 g/mol. The number of sulfonamides is 1. The Labute approximate surface area is 120 Å². The van der Waals surface area contributed by atoms with Gasteiger partial charge in [-0.2, -0.15) is 0 Å².